The Kier molecular flexibility index (Phi) is 9.28. The van der Waals surface area contributed by atoms with Gasteiger partial charge >= 0.3 is 0 Å². The van der Waals surface area contributed by atoms with E-state index in [4.69, 9.17) is 0 Å². The Morgan fingerprint density at radius 1 is 0.680 bits per heavy atom. The van der Waals surface area contributed by atoms with Crippen LogP contribution in [-0.4, -0.2) is 43.1 Å². The molecule has 0 radical (unpaired) electrons. The van der Waals surface area contributed by atoms with Gasteiger partial charge in [0.15, 0.2) is 0 Å². The lowest BCUT2D eigenvalue weighted by Crippen LogP contribution is -2.36. The first-order valence-corrected chi connectivity index (χ1v) is 17.7. The lowest BCUT2D eigenvalue weighted by atomic mass is 9.80. The fourth-order valence-electron chi connectivity index (χ4n) is 7.22. The van der Waals surface area contributed by atoms with Gasteiger partial charge in [-0.1, -0.05) is 54.6 Å². The predicted octanol–water partition coefficient (Wildman–Crippen LogP) is 8.36. The van der Waals surface area contributed by atoms with Crippen LogP contribution < -0.4 is 10.6 Å². The molecule has 2 aliphatic carbocycles. The van der Waals surface area contributed by atoms with Crippen molar-refractivity contribution < 1.29 is 18.4 Å². The number of fused-ring (bicyclic) bond motifs is 1. The van der Waals surface area contributed by atoms with Gasteiger partial charge in [-0.15, -0.1) is 0 Å². The number of hydrogen-bond donors (Lipinski definition) is 4. The Labute approximate surface area is 290 Å². The maximum atomic E-state index is 14.1. The van der Waals surface area contributed by atoms with Crippen LogP contribution in [0.1, 0.15) is 76.9 Å². The largest absolute Gasteiger partial charge is 0.349 e. The van der Waals surface area contributed by atoms with E-state index in [1.54, 1.807) is 20.0 Å². The van der Waals surface area contributed by atoms with Crippen LogP contribution in [0, 0.1) is 11.8 Å². The number of aromatic amines is 2. The molecule has 4 N–H and O–H groups in total. The third-order valence-corrected chi connectivity index (χ3v) is 10.6. The van der Waals surface area contributed by atoms with Crippen LogP contribution in [0.4, 0.5) is 8.78 Å². The van der Waals surface area contributed by atoms with E-state index in [1.165, 1.54) is 0 Å². The molecule has 0 bridgehead atoms. The average molecular weight is 679 g/mol. The van der Waals surface area contributed by atoms with E-state index in [2.05, 4.69) is 85.2 Å². The molecule has 0 aliphatic heterocycles. The van der Waals surface area contributed by atoms with Gasteiger partial charge in [-0.25, -0.2) is 18.7 Å². The number of imidazole rings is 2. The van der Waals surface area contributed by atoms with E-state index in [0.717, 1.165) is 44.5 Å². The van der Waals surface area contributed by atoms with E-state index in [1.807, 2.05) is 12.1 Å². The van der Waals surface area contributed by atoms with Crippen LogP contribution in [0.25, 0.3) is 44.5 Å². The molecule has 3 aromatic carbocycles. The first-order chi connectivity index (χ1) is 24.0. The second kappa shape index (κ2) is 13.8. The van der Waals surface area contributed by atoms with Crippen molar-refractivity contribution in [1.82, 2.24) is 30.6 Å². The zero-order chi connectivity index (χ0) is 34.9. The van der Waals surface area contributed by atoms with E-state index in [9.17, 15) is 18.4 Å². The van der Waals surface area contributed by atoms with Crippen molar-refractivity contribution in [1.29, 1.82) is 0 Å². The smallest absolute Gasteiger partial charge is 0.223 e. The molecule has 10 heteroatoms. The maximum Gasteiger partial charge on any atom is 0.223 e. The zero-order valence-corrected chi connectivity index (χ0v) is 28.6. The topological polar surface area (TPSA) is 116 Å². The summed E-state index contributed by atoms with van der Waals surface area (Å²) in [6, 6.07) is 22.8. The Balaban J connectivity index is 0.931. The van der Waals surface area contributed by atoms with Gasteiger partial charge < -0.3 is 20.6 Å². The highest BCUT2D eigenvalue weighted by Crippen LogP contribution is 2.36. The Bertz CT molecular complexity index is 1960. The molecule has 0 unspecified atom stereocenters. The maximum absolute atomic E-state index is 14.1. The summed E-state index contributed by atoms with van der Waals surface area (Å²) in [6.07, 6.45) is 5.79. The minimum absolute atomic E-state index is 0.0335. The van der Waals surface area contributed by atoms with E-state index < -0.39 is 11.3 Å². The summed E-state index contributed by atoms with van der Waals surface area (Å²) in [4.78, 5) is 41.0. The predicted molar refractivity (Wildman–Crippen MR) is 191 cm³/mol. The number of aromatic nitrogens is 4. The van der Waals surface area contributed by atoms with Gasteiger partial charge in [0.05, 0.1) is 36.0 Å². The van der Waals surface area contributed by atoms with Gasteiger partial charge in [-0.05, 0) is 105 Å². The number of hydrogen-bond acceptors (Lipinski definition) is 4. The number of nitrogens with zero attached hydrogens (tertiary/aromatic N) is 2. The van der Waals surface area contributed by atoms with Crippen molar-refractivity contribution in [3.05, 3.63) is 84.6 Å². The fraction of sp³-hybridized carbons (Fsp3) is 0.400. The van der Waals surface area contributed by atoms with Crippen LogP contribution in [0.3, 0.4) is 0 Å². The quantitative estimate of drug-likeness (QED) is 0.125. The van der Waals surface area contributed by atoms with E-state index in [-0.39, 0.29) is 23.7 Å². The minimum Gasteiger partial charge on any atom is -0.349 e. The normalized spacial score (nSPS) is 23.8. The van der Waals surface area contributed by atoms with Crippen molar-refractivity contribution in [3.63, 3.8) is 0 Å². The highest BCUT2D eigenvalue weighted by Gasteiger charge is 2.34. The van der Waals surface area contributed by atoms with Crippen molar-refractivity contribution >= 4 is 22.8 Å². The first kappa shape index (κ1) is 33.6. The molecule has 0 saturated heterocycles. The molecule has 7 rings (SSSR count). The number of amides is 2. The number of rotatable bonds is 9. The summed E-state index contributed by atoms with van der Waals surface area (Å²) in [5.74, 6) is 1.02. The molecule has 8 nitrogen and oxygen atoms in total. The van der Waals surface area contributed by atoms with E-state index in [0.29, 0.717) is 76.1 Å². The molecule has 5 aromatic rings. The summed E-state index contributed by atoms with van der Waals surface area (Å²) < 4.78 is 28.2. The molecule has 0 spiro atoms. The summed E-state index contributed by atoms with van der Waals surface area (Å²) >= 11 is 0. The molecule has 2 heterocycles. The lowest BCUT2D eigenvalue weighted by molar-refractivity contribution is -0.127. The molecule has 2 amide bonds. The highest BCUT2D eigenvalue weighted by atomic mass is 19.1. The zero-order valence-electron chi connectivity index (χ0n) is 28.6. The van der Waals surface area contributed by atoms with Gasteiger partial charge in [0.1, 0.15) is 23.0 Å². The van der Waals surface area contributed by atoms with Crippen LogP contribution in [0.5, 0.6) is 0 Å². The molecule has 2 aromatic heterocycles. The summed E-state index contributed by atoms with van der Waals surface area (Å²) in [6.45, 7) is 3.85. The minimum atomic E-state index is -1.16. The number of halogens is 2. The molecular weight excluding hydrogens is 634 g/mol. The molecule has 2 aliphatic rings. The molecule has 0 atom stereocenters. The number of carbonyl (C=O) groups is 2. The number of benzene rings is 3. The van der Waals surface area contributed by atoms with Crippen molar-refractivity contribution in [2.45, 2.75) is 89.6 Å². The third-order valence-electron chi connectivity index (χ3n) is 10.6. The van der Waals surface area contributed by atoms with Gasteiger partial charge in [-0.2, -0.15) is 0 Å². The van der Waals surface area contributed by atoms with E-state index >= 15 is 0 Å². The second-order valence-electron chi connectivity index (χ2n) is 14.6. The Morgan fingerprint density at radius 3 is 1.68 bits per heavy atom. The summed E-state index contributed by atoms with van der Waals surface area (Å²) in [7, 11) is 0. The lowest BCUT2D eigenvalue weighted by Gasteiger charge is -2.30. The van der Waals surface area contributed by atoms with Crippen molar-refractivity contribution in [3.8, 4) is 33.5 Å². The molecule has 50 heavy (non-hydrogen) atoms. The average Bonchev–Trinajstić information content (AvgIpc) is 3.76. The van der Waals surface area contributed by atoms with Gasteiger partial charge in [0.2, 0.25) is 11.8 Å². The van der Waals surface area contributed by atoms with Crippen LogP contribution in [0.2, 0.25) is 0 Å². The van der Waals surface area contributed by atoms with Gasteiger partial charge in [0.25, 0.3) is 0 Å². The highest BCUT2D eigenvalue weighted by molar-refractivity contribution is 5.83. The van der Waals surface area contributed by atoms with Crippen LogP contribution >= 0.6 is 0 Å². The fourth-order valence-corrected chi connectivity index (χ4v) is 7.22. The van der Waals surface area contributed by atoms with Gasteiger partial charge in [0, 0.05) is 11.8 Å². The standard InChI is InChI=1S/C40H44F2N6O2/c1-39(41)17-13-29(14-18-39)37(49)44-23-35-43-22-34(48-35)28-9-7-26(8-10-28)25-3-5-27(6-4-25)31-11-12-32-33(21-31)47-36(46-32)24-45-38(50)30-15-19-40(2,42)20-16-30/h3-12,21-22,29-30H,13-20,23-24H2,1-2H3,(H,43,48)(H,44,49)(H,45,50)(H,46,47). The summed E-state index contributed by atoms with van der Waals surface area (Å²) in [5, 5.41) is 5.93. The third kappa shape index (κ3) is 7.79. The van der Waals surface area contributed by atoms with Crippen LogP contribution in [0.15, 0.2) is 72.9 Å². The Morgan fingerprint density at radius 2 is 1.14 bits per heavy atom. The number of alkyl halides is 2. The number of H-pyrrole nitrogens is 2. The van der Waals surface area contributed by atoms with Gasteiger partial charge in [-0.3, -0.25) is 9.59 Å². The number of carbonyl (C=O) groups excluding carboxylic acids is 2. The Hall–Kier alpha value is -4.86. The molecule has 2 saturated carbocycles. The van der Waals surface area contributed by atoms with Crippen molar-refractivity contribution in [2.75, 3.05) is 0 Å². The second-order valence-corrected chi connectivity index (χ2v) is 14.6. The first-order valence-electron chi connectivity index (χ1n) is 17.7. The van der Waals surface area contributed by atoms with Crippen LogP contribution in [-0.2, 0) is 22.7 Å². The SMILES string of the molecule is CC1(F)CCC(C(=O)NCc2ncc(-c3ccc(-c4ccc(-c5ccc6nc(CNC(=O)C7CCC(C)(F)CC7)[nH]c6c5)cc4)cc3)[nH]2)CC1. The molecular formula is C40H44F2N6O2. The monoisotopic (exact) mass is 678 g/mol. The van der Waals surface area contributed by atoms with Crippen molar-refractivity contribution in [2.24, 2.45) is 11.8 Å². The summed E-state index contributed by atoms with van der Waals surface area (Å²) in [5.41, 5.74) is 5.61. The number of nitrogens with one attached hydrogen (secondary N) is 4. The molecule has 260 valence electrons. The molecule has 2 fully saturated rings.